The summed E-state index contributed by atoms with van der Waals surface area (Å²) in [4.78, 5) is 17.5. The summed E-state index contributed by atoms with van der Waals surface area (Å²) in [6.07, 6.45) is 3.99. The molecule has 172 valence electrons. The predicted molar refractivity (Wildman–Crippen MR) is 128 cm³/mol. The molecule has 10 heteroatoms. The van der Waals surface area contributed by atoms with Crippen molar-refractivity contribution in [1.29, 1.82) is 0 Å². The third kappa shape index (κ3) is 3.09. The smallest absolute Gasteiger partial charge is 0.128 e. The topological polar surface area (TPSA) is 94.1 Å². The molecule has 0 saturated carbocycles. The van der Waals surface area contributed by atoms with Gasteiger partial charge in [-0.25, -0.2) is 18.7 Å². The van der Waals surface area contributed by atoms with Crippen LogP contribution in [0.4, 0.5) is 8.78 Å². The van der Waals surface area contributed by atoms with Gasteiger partial charge in [0, 0.05) is 18.2 Å². The summed E-state index contributed by atoms with van der Waals surface area (Å²) >= 11 is 6.02. The predicted octanol–water partition coefficient (Wildman–Crippen LogP) is 3.58. The van der Waals surface area contributed by atoms with Crippen LogP contribution in [0.3, 0.4) is 0 Å². The molecule has 2 aliphatic heterocycles. The number of halogens is 3. The zero-order valence-corrected chi connectivity index (χ0v) is 19.5. The number of aliphatic imine (C=N–C) groups is 1. The Hall–Kier alpha value is -2.65. The largest absolute Gasteiger partial charge is 0.386 e. The summed E-state index contributed by atoms with van der Waals surface area (Å²) in [7, 11) is -3.01. The Bertz CT molecular complexity index is 1430. The maximum atomic E-state index is 15.2. The van der Waals surface area contributed by atoms with Gasteiger partial charge in [0.15, 0.2) is 0 Å². The van der Waals surface area contributed by atoms with Crippen LogP contribution in [0.25, 0.3) is 11.0 Å². The van der Waals surface area contributed by atoms with Crippen molar-refractivity contribution in [1.82, 2.24) is 15.0 Å². The second-order valence-electron chi connectivity index (χ2n) is 8.86. The molecule has 4 atom stereocenters. The number of hydrogen-bond acceptors (Lipinski definition) is 6. The van der Waals surface area contributed by atoms with Gasteiger partial charge in [0.1, 0.15) is 40.5 Å². The van der Waals surface area contributed by atoms with E-state index in [1.807, 2.05) is 0 Å². The first-order valence-corrected chi connectivity index (χ1v) is 12.6. The summed E-state index contributed by atoms with van der Waals surface area (Å²) in [5, 5.41) is -0.156. The van der Waals surface area contributed by atoms with Crippen LogP contribution >= 0.6 is 11.6 Å². The molecule has 1 saturated heterocycles. The number of nitrogens with zero attached hydrogens (tertiary/aromatic N) is 4. The van der Waals surface area contributed by atoms with Gasteiger partial charge in [0.05, 0.1) is 21.5 Å². The normalized spacial score (nSPS) is 31.0. The monoisotopic (exact) mass is 489 g/mol. The first-order chi connectivity index (χ1) is 15.6. The zero-order valence-electron chi connectivity index (χ0n) is 17.9. The fourth-order valence-electron chi connectivity index (χ4n) is 5.21. The lowest BCUT2D eigenvalue weighted by Gasteiger charge is -2.42. The first-order valence-electron chi connectivity index (χ1n) is 10.4. The minimum atomic E-state index is -3.01. The van der Waals surface area contributed by atoms with Crippen LogP contribution in [-0.2, 0) is 21.5 Å². The Morgan fingerprint density at radius 3 is 2.85 bits per heavy atom. The van der Waals surface area contributed by atoms with Crippen molar-refractivity contribution in [3.63, 3.8) is 0 Å². The minimum Gasteiger partial charge on any atom is -0.386 e. The van der Waals surface area contributed by atoms with Crippen LogP contribution in [0.5, 0.6) is 0 Å². The highest BCUT2D eigenvalue weighted by atomic mass is 35.5. The van der Waals surface area contributed by atoms with Gasteiger partial charge in [-0.15, -0.1) is 0 Å². The third-order valence-electron chi connectivity index (χ3n) is 7.06. The summed E-state index contributed by atoms with van der Waals surface area (Å²) in [5.41, 5.74) is 7.83. The maximum Gasteiger partial charge on any atom is 0.128 e. The fraction of sp³-hybridized carbons (Fsp3) is 0.348. The summed E-state index contributed by atoms with van der Waals surface area (Å²) < 4.78 is 41.5. The highest BCUT2D eigenvalue weighted by Gasteiger charge is 2.61. The van der Waals surface area contributed by atoms with Gasteiger partial charge in [-0.05, 0) is 52.9 Å². The van der Waals surface area contributed by atoms with Crippen LogP contribution in [0.2, 0.25) is 5.02 Å². The van der Waals surface area contributed by atoms with Crippen molar-refractivity contribution in [2.75, 3.05) is 6.67 Å². The number of aromatic nitrogens is 3. The van der Waals surface area contributed by atoms with E-state index in [2.05, 4.69) is 25.8 Å². The molecule has 0 amide bonds. The molecule has 2 aromatic heterocycles. The van der Waals surface area contributed by atoms with E-state index in [-0.39, 0.29) is 17.8 Å². The lowest BCUT2D eigenvalue weighted by Crippen LogP contribution is -2.58. The SMILES string of the molecule is C=S1(=O)[C@H]2CC[C@]1(CF)C(N)=N[C@]2(C)c1cc(Cc2ncnc3cc(Cl)cnc23)ccc1F. The van der Waals surface area contributed by atoms with Gasteiger partial charge >= 0.3 is 0 Å². The van der Waals surface area contributed by atoms with E-state index in [0.29, 0.717) is 34.6 Å². The quantitative estimate of drug-likeness (QED) is 0.565. The molecule has 1 aromatic carbocycles. The number of nitrogens with two attached hydrogens (primary N) is 1. The van der Waals surface area contributed by atoms with E-state index < -0.39 is 37.5 Å². The number of alkyl halides is 1. The summed E-state index contributed by atoms with van der Waals surface area (Å²) in [6, 6.07) is 6.40. The molecule has 0 spiro atoms. The first kappa shape index (κ1) is 22.2. The number of pyridine rings is 1. The minimum absolute atomic E-state index is 0.0473. The van der Waals surface area contributed by atoms with E-state index in [0.717, 1.165) is 5.56 Å². The molecular formula is C23H22ClF2N5OS. The van der Waals surface area contributed by atoms with Crippen LogP contribution in [0, 0.1) is 5.82 Å². The molecule has 2 aliphatic rings. The van der Waals surface area contributed by atoms with Gasteiger partial charge in [0.25, 0.3) is 0 Å². The molecule has 2 bridgehead atoms. The Morgan fingerprint density at radius 1 is 1.30 bits per heavy atom. The number of fused-ring (bicyclic) bond motifs is 3. The molecule has 0 radical (unpaired) electrons. The van der Waals surface area contributed by atoms with Gasteiger partial charge in [-0.1, -0.05) is 23.7 Å². The van der Waals surface area contributed by atoms with Gasteiger partial charge in [-0.3, -0.25) is 14.2 Å². The number of hydrogen-bond donors (Lipinski definition) is 1. The Labute approximate surface area is 195 Å². The van der Waals surface area contributed by atoms with Crippen molar-refractivity contribution in [3.8, 4) is 0 Å². The highest BCUT2D eigenvalue weighted by Crippen LogP contribution is 2.52. The molecule has 1 fully saturated rings. The van der Waals surface area contributed by atoms with Crippen molar-refractivity contribution in [3.05, 3.63) is 64.5 Å². The van der Waals surface area contributed by atoms with E-state index in [4.69, 9.17) is 17.3 Å². The van der Waals surface area contributed by atoms with Crippen molar-refractivity contribution in [2.24, 2.45) is 10.7 Å². The van der Waals surface area contributed by atoms with Crippen molar-refractivity contribution < 1.29 is 13.0 Å². The summed E-state index contributed by atoms with van der Waals surface area (Å²) in [5.74, 6) is 3.36. The maximum absolute atomic E-state index is 15.2. The van der Waals surface area contributed by atoms with Crippen molar-refractivity contribution in [2.45, 2.75) is 41.7 Å². The lowest BCUT2D eigenvalue weighted by atomic mass is 9.85. The average Bonchev–Trinajstić information content (AvgIpc) is 2.98. The van der Waals surface area contributed by atoms with E-state index in [1.165, 1.54) is 18.6 Å². The van der Waals surface area contributed by atoms with Crippen LogP contribution in [0.15, 0.2) is 41.8 Å². The molecule has 2 N–H and O–H groups in total. The molecule has 33 heavy (non-hydrogen) atoms. The van der Waals surface area contributed by atoms with E-state index in [9.17, 15) is 8.60 Å². The number of amidine groups is 1. The van der Waals surface area contributed by atoms with E-state index in [1.54, 1.807) is 25.1 Å². The van der Waals surface area contributed by atoms with E-state index >= 15 is 4.39 Å². The molecule has 3 aromatic rings. The van der Waals surface area contributed by atoms with Crippen LogP contribution in [-0.4, -0.2) is 47.5 Å². The highest BCUT2D eigenvalue weighted by molar-refractivity contribution is 8.03. The molecule has 5 rings (SSSR count). The molecular weight excluding hydrogens is 468 g/mol. The second kappa shape index (κ2) is 7.43. The van der Waals surface area contributed by atoms with Crippen LogP contribution in [0.1, 0.15) is 36.6 Å². The Morgan fingerprint density at radius 2 is 2.09 bits per heavy atom. The fourth-order valence-corrected chi connectivity index (χ4v) is 8.37. The van der Waals surface area contributed by atoms with Crippen molar-refractivity contribution >= 4 is 43.9 Å². The van der Waals surface area contributed by atoms with Gasteiger partial charge < -0.3 is 5.73 Å². The number of rotatable bonds is 4. The molecule has 4 heterocycles. The average molecular weight is 490 g/mol. The van der Waals surface area contributed by atoms with Gasteiger partial charge in [-0.2, -0.15) is 0 Å². The Kier molecular flexibility index (Phi) is 4.99. The van der Waals surface area contributed by atoms with Crippen LogP contribution < -0.4 is 5.73 Å². The molecule has 0 aliphatic carbocycles. The van der Waals surface area contributed by atoms with Gasteiger partial charge in [0.2, 0.25) is 0 Å². The summed E-state index contributed by atoms with van der Waals surface area (Å²) in [6.45, 7) is 0.812. The standard InChI is InChI=1S/C23H22ClF2N5OS/c1-22(19-5-6-23(11-25,21(27)31-22)33(19,2)32)15-7-13(3-4-16(15)26)8-17-20-18(30-12-29-17)9-14(24)10-28-20/h3-4,7,9-10,12,19H,2,5-6,8,11H2,1H3,(H2,27,31)/t19-,22+,23-,33?/m0/s1. The second-order valence-corrected chi connectivity index (χ2v) is 12.1. The molecule has 6 nitrogen and oxygen atoms in total. The Balaban J connectivity index is 1.61. The molecule has 1 unspecified atom stereocenters. The third-order valence-corrected chi connectivity index (χ3v) is 10.7. The lowest BCUT2D eigenvalue weighted by molar-refractivity contribution is 0.431. The number of benzene rings is 1. The zero-order chi connectivity index (χ0) is 23.6.